The van der Waals surface area contributed by atoms with E-state index >= 15 is 0 Å². The fourth-order valence-electron chi connectivity index (χ4n) is 2.46. The van der Waals surface area contributed by atoms with E-state index in [1.165, 1.54) is 12.1 Å². The van der Waals surface area contributed by atoms with E-state index in [-0.39, 0.29) is 12.4 Å². The Balaban J connectivity index is 2.11. The van der Waals surface area contributed by atoms with Gasteiger partial charge in [-0.05, 0) is 24.3 Å². The van der Waals surface area contributed by atoms with E-state index in [2.05, 4.69) is 16.5 Å². The first-order valence-electron chi connectivity index (χ1n) is 6.22. The third kappa shape index (κ3) is 2.11. The highest BCUT2D eigenvalue weighted by molar-refractivity contribution is 5.64. The molecule has 0 aliphatic carbocycles. The molecular formula is C14H13FN4. The average molecular weight is 256 g/mol. The summed E-state index contributed by atoms with van der Waals surface area (Å²) in [6.07, 6.45) is 0.866. The van der Waals surface area contributed by atoms with Gasteiger partial charge in [-0.25, -0.2) is 4.39 Å². The van der Waals surface area contributed by atoms with Crippen LogP contribution < -0.4 is 5.32 Å². The van der Waals surface area contributed by atoms with Crippen molar-refractivity contribution in [3.05, 3.63) is 41.3 Å². The number of hydrogen-bond donors (Lipinski definition) is 1. The van der Waals surface area contributed by atoms with Gasteiger partial charge in [0.2, 0.25) is 0 Å². The molecule has 0 fully saturated rings. The quantitative estimate of drug-likeness (QED) is 0.892. The Hall–Kier alpha value is -2.19. The van der Waals surface area contributed by atoms with Gasteiger partial charge in [0.1, 0.15) is 12.4 Å². The molecule has 0 radical (unpaired) electrons. The summed E-state index contributed by atoms with van der Waals surface area (Å²) < 4.78 is 14.7. The van der Waals surface area contributed by atoms with Crippen LogP contribution in [0.3, 0.4) is 0 Å². The predicted molar refractivity (Wildman–Crippen MR) is 68.6 cm³/mol. The highest BCUT2D eigenvalue weighted by Crippen LogP contribution is 2.27. The van der Waals surface area contributed by atoms with Crippen molar-refractivity contribution in [3.63, 3.8) is 0 Å². The van der Waals surface area contributed by atoms with Crippen LogP contribution in [0.25, 0.3) is 11.3 Å². The first-order chi connectivity index (χ1) is 9.29. The van der Waals surface area contributed by atoms with Crippen LogP contribution >= 0.6 is 0 Å². The van der Waals surface area contributed by atoms with E-state index in [0.29, 0.717) is 0 Å². The highest BCUT2D eigenvalue weighted by atomic mass is 19.1. The number of hydrogen-bond acceptors (Lipinski definition) is 3. The zero-order chi connectivity index (χ0) is 13.2. The van der Waals surface area contributed by atoms with Crippen molar-refractivity contribution in [3.8, 4) is 17.3 Å². The Kier molecular flexibility index (Phi) is 3.02. The third-order valence-electron chi connectivity index (χ3n) is 3.34. The summed E-state index contributed by atoms with van der Waals surface area (Å²) >= 11 is 0. The molecule has 0 unspecified atom stereocenters. The maximum atomic E-state index is 13.0. The normalized spacial score (nSPS) is 13.9. The van der Waals surface area contributed by atoms with Crippen molar-refractivity contribution in [2.45, 2.75) is 19.5 Å². The van der Waals surface area contributed by atoms with Gasteiger partial charge in [0.25, 0.3) is 0 Å². The number of aromatic nitrogens is 2. The molecule has 0 atom stereocenters. The highest BCUT2D eigenvalue weighted by Gasteiger charge is 2.21. The molecule has 1 aromatic carbocycles. The molecule has 0 saturated carbocycles. The molecule has 1 aliphatic rings. The monoisotopic (exact) mass is 256 g/mol. The van der Waals surface area contributed by atoms with Crippen LogP contribution in [0, 0.1) is 17.1 Å². The fraction of sp³-hybridized carbons (Fsp3) is 0.286. The van der Waals surface area contributed by atoms with Gasteiger partial charge >= 0.3 is 0 Å². The summed E-state index contributed by atoms with van der Waals surface area (Å²) in [7, 11) is 0. The van der Waals surface area contributed by atoms with Crippen LogP contribution in [-0.2, 0) is 19.5 Å². The lowest BCUT2D eigenvalue weighted by atomic mass is 10.0. The van der Waals surface area contributed by atoms with E-state index in [1.54, 1.807) is 16.8 Å². The van der Waals surface area contributed by atoms with Gasteiger partial charge in [-0.1, -0.05) is 0 Å². The Labute approximate surface area is 110 Å². The molecule has 3 rings (SSSR count). The van der Waals surface area contributed by atoms with E-state index in [9.17, 15) is 4.39 Å². The summed E-state index contributed by atoms with van der Waals surface area (Å²) in [5, 5.41) is 16.7. The molecule has 2 heterocycles. The molecule has 5 heteroatoms. The summed E-state index contributed by atoms with van der Waals surface area (Å²) in [4.78, 5) is 0. The third-order valence-corrected chi connectivity index (χ3v) is 3.34. The van der Waals surface area contributed by atoms with Crippen LogP contribution in [0.4, 0.5) is 4.39 Å². The van der Waals surface area contributed by atoms with Crippen LogP contribution in [0.5, 0.6) is 0 Å². The SMILES string of the molecule is N#CCn1nc(-c2ccc(F)cc2)c2c1CCNC2. The molecule has 96 valence electrons. The second-order valence-electron chi connectivity index (χ2n) is 4.52. The minimum atomic E-state index is -0.257. The Morgan fingerprint density at radius 2 is 2.16 bits per heavy atom. The zero-order valence-corrected chi connectivity index (χ0v) is 10.4. The summed E-state index contributed by atoms with van der Waals surface area (Å²) in [6, 6.07) is 8.44. The van der Waals surface area contributed by atoms with E-state index in [1.807, 2.05) is 0 Å². The van der Waals surface area contributed by atoms with Gasteiger partial charge < -0.3 is 5.32 Å². The number of rotatable bonds is 2. The topological polar surface area (TPSA) is 53.6 Å². The lowest BCUT2D eigenvalue weighted by molar-refractivity contribution is 0.590. The maximum Gasteiger partial charge on any atom is 0.128 e. The Morgan fingerprint density at radius 1 is 1.37 bits per heavy atom. The molecular weight excluding hydrogens is 243 g/mol. The minimum absolute atomic E-state index is 0.254. The minimum Gasteiger partial charge on any atom is -0.312 e. The largest absolute Gasteiger partial charge is 0.312 e. The lowest BCUT2D eigenvalue weighted by Gasteiger charge is -2.14. The van der Waals surface area contributed by atoms with Crippen LogP contribution in [-0.4, -0.2) is 16.3 Å². The first kappa shape index (κ1) is 11.9. The first-order valence-corrected chi connectivity index (χ1v) is 6.22. The Bertz CT molecular complexity index is 637. The van der Waals surface area contributed by atoms with Gasteiger partial charge in [0.05, 0.1) is 11.8 Å². The summed E-state index contributed by atoms with van der Waals surface area (Å²) in [5.41, 5.74) is 3.96. The predicted octanol–water partition coefficient (Wildman–Crippen LogP) is 1.86. The number of halogens is 1. The number of fused-ring (bicyclic) bond motifs is 1. The molecule has 1 aliphatic heterocycles. The van der Waals surface area contributed by atoms with Crippen molar-refractivity contribution in [2.75, 3.05) is 6.54 Å². The van der Waals surface area contributed by atoms with Gasteiger partial charge in [-0.3, -0.25) is 4.68 Å². The molecule has 4 nitrogen and oxygen atoms in total. The molecule has 1 aromatic heterocycles. The molecule has 1 N–H and O–H groups in total. The number of nitriles is 1. The van der Waals surface area contributed by atoms with Crippen molar-refractivity contribution >= 4 is 0 Å². The van der Waals surface area contributed by atoms with E-state index in [4.69, 9.17) is 5.26 Å². The second kappa shape index (κ2) is 4.82. The summed E-state index contributed by atoms with van der Waals surface area (Å²) in [5.74, 6) is -0.257. The lowest BCUT2D eigenvalue weighted by Crippen LogP contribution is -2.24. The maximum absolute atomic E-state index is 13.0. The van der Waals surface area contributed by atoms with Crippen molar-refractivity contribution in [1.82, 2.24) is 15.1 Å². The number of nitrogens with one attached hydrogen (secondary N) is 1. The molecule has 19 heavy (non-hydrogen) atoms. The smallest absolute Gasteiger partial charge is 0.128 e. The van der Waals surface area contributed by atoms with E-state index in [0.717, 1.165) is 42.0 Å². The van der Waals surface area contributed by atoms with Crippen LogP contribution in [0.1, 0.15) is 11.3 Å². The van der Waals surface area contributed by atoms with Crippen molar-refractivity contribution in [2.24, 2.45) is 0 Å². The van der Waals surface area contributed by atoms with Crippen molar-refractivity contribution < 1.29 is 4.39 Å². The number of nitrogens with zero attached hydrogens (tertiary/aromatic N) is 3. The summed E-state index contributed by atoms with van der Waals surface area (Å²) in [6.45, 7) is 1.89. The Morgan fingerprint density at radius 3 is 2.89 bits per heavy atom. The van der Waals surface area contributed by atoms with Crippen LogP contribution in [0.2, 0.25) is 0 Å². The van der Waals surface area contributed by atoms with Gasteiger partial charge in [-0.2, -0.15) is 10.4 Å². The molecule has 0 spiro atoms. The van der Waals surface area contributed by atoms with Crippen molar-refractivity contribution in [1.29, 1.82) is 5.26 Å². The molecule has 0 bridgehead atoms. The zero-order valence-electron chi connectivity index (χ0n) is 10.4. The van der Waals surface area contributed by atoms with E-state index < -0.39 is 0 Å². The molecule has 0 saturated heterocycles. The molecule has 0 amide bonds. The standard InChI is InChI=1S/C14H13FN4/c15-11-3-1-10(2-4-11)14-12-9-17-7-5-13(12)19(18-14)8-6-16/h1-4,17H,5,7-9H2. The van der Waals surface area contributed by atoms with Crippen LogP contribution in [0.15, 0.2) is 24.3 Å². The molecule has 2 aromatic rings. The number of benzene rings is 1. The average Bonchev–Trinajstić information content (AvgIpc) is 2.80. The fourth-order valence-corrected chi connectivity index (χ4v) is 2.46. The van der Waals surface area contributed by atoms with Gasteiger partial charge in [0.15, 0.2) is 0 Å². The van der Waals surface area contributed by atoms with Gasteiger partial charge in [-0.15, -0.1) is 0 Å². The van der Waals surface area contributed by atoms with Gasteiger partial charge in [0, 0.05) is 36.3 Å². The second-order valence-corrected chi connectivity index (χ2v) is 4.52.